The number of hydrogen-bond acceptors (Lipinski definition) is 3. The summed E-state index contributed by atoms with van der Waals surface area (Å²) in [6.45, 7) is 2.25. The molecule has 0 saturated heterocycles. The van der Waals surface area contributed by atoms with Crippen LogP contribution in [0.1, 0.15) is 21.6 Å². The summed E-state index contributed by atoms with van der Waals surface area (Å²) in [6.07, 6.45) is 1.84. The number of nitrogens with one attached hydrogen (secondary N) is 1. The van der Waals surface area contributed by atoms with Crippen LogP contribution < -0.4 is 5.32 Å². The van der Waals surface area contributed by atoms with E-state index in [1.54, 1.807) is 11.7 Å². The number of carboxylic acid groups (broad SMARTS) is 1. The lowest BCUT2D eigenvalue weighted by molar-refractivity contribution is 0.0693. The third-order valence-corrected chi connectivity index (χ3v) is 2.81. The normalized spacial score (nSPS) is 10.5. The van der Waals surface area contributed by atoms with Crippen LogP contribution in [0, 0.1) is 12.7 Å². The molecule has 0 aliphatic heterocycles. The van der Waals surface area contributed by atoms with Gasteiger partial charge in [0.25, 0.3) is 0 Å². The highest BCUT2D eigenvalue weighted by atomic mass is 19.1. The van der Waals surface area contributed by atoms with Gasteiger partial charge in [0.15, 0.2) is 0 Å². The number of carboxylic acids is 1. The number of carbonyl (C=O) groups is 1. The fraction of sp³-hybridized carbons (Fsp3) is 0.231. The monoisotopic (exact) mass is 263 g/mol. The molecule has 19 heavy (non-hydrogen) atoms. The zero-order valence-electron chi connectivity index (χ0n) is 10.6. The van der Waals surface area contributed by atoms with Crippen molar-refractivity contribution in [3.05, 3.63) is 47.0 Å². The number of anilines is 1. The van der Waals surface area contributed by atoms with Crippen molar-refractivity contribution in [1.29, 1.82) is 0 Å². The molecule has 100 valence electrons. The number of rotatable bonds is 4. The summed E-state index contributed by atoms with van der Waals surface area (Å²) in [5.41, 5.74) is 1.70. The van der Waals surface area contributed by atoms with Gasteiger partial charge in [0.05, 0.1) is 11.4 Å². The van der Waals surface area contributed by atoms with Crippen LogP contribution in [0.5, 0.6) is 0 Å². The number of hydrogen-bond donors (Lipinski definition) is 2. The van der Waals surface area contributed by atoms with E-state index in [9.17, 15) is 9.18 Å². The largest absolute Gasteiger partial charge is 0.478 e. The second kappa shape index (κ2) is 5.09. The highest BCUT2D eigenvalue weighted by Crippen LogP contribution is 2.20. The van der Waals surface area contributed by atoms with Gasteiger partial charge in [-0.25, -0.2) is 9.18 Å². The number of nitrogens with zero attached hydrogens (tertiary/aromatic N) is 2. The number of aryl methyl sites for hydroxylation is 2. The van der Waals surface area contributed by atoms with Gasteiger partial charge in [-0.2, -0.15) is 5.10 Å². The fourth-order valence-corrected chi connectivity index (χ4v) is 1.90. The highest BCUT2D eigenvalue weighted by Gasteiger charge is 2.15. The number of aromatic carboxylic acids is 1. The molecule has 0 fully saturated rings. The molecule has 0 radical (unpaired) electrons. The Hall–Kier alpha value is -2.37. The zero-order valence-corrected chi connectivity index (χ0v) is 10.6. The summed E-state index contributed by atoms with van der Waals surface area (Å²) < 4.78 is 15.1. The average molecular weight is 263 g/mol. The molecule has 0 unspecified atom stereocenters. The molecule has 2 N–H and O–H groups in total. The Kier molecular flexibility index (Phi) is 3.50. The first-order chi connectivity index (χ1) is 8.99. The van der Waals surface area contributed by atoms with Crippen molar-refractivity contribution in [2.75, 3.05) is 5.32 Å². The van der Waals surface area contributed by atoms with E-state index in [2.05, 4.69) is 10.4 Å². The molecule has 0 aliphatic carbocycles. The van der Waals surface area contributed by atoms with Crippen molar-refractivity contribution in [1.82, 2.24) is 9.78 Å². The van der Waals surface area contributed by atoms with Gasteiger partial charge >= 0.3 is 5.97 Å². The Balaban J connectivity index is 2.22. The predicted molar refractivity (Wildman–Crippen MR) is 68.6 cm³/mol. The molecule has 0 amide bonds. The first-order valence-electron chi connectivity index (χ1n) is 5.74. The van der Waals surface area contributed by atoms with Gasteiger partial charge in [-0.05, 0) is 19.1 Å². The van der Waals surface area contributed by atoms with E-state index in [0.29, 0.717) is 6.54 Å². The van der Waals surface area contributed by atoms with E-state index >= 15 is 0 Å². The van der Waals surface area contributed by atoms with Crippen LogP contribution in [0.25, 0.3) is 0 Å². The molecule has 0 saturated carbocycles. The smallest absolute Gasteiger partial charge is 0.340 e. The molecule has 2 rings (SSSR count). The van der Waals surface area contributed by atoms with Gasteiger partial charge in [-0.1, -0.05) is 6.07 Å². The Morgan fingerprint density at radius 2 is 2.26 bits per heavy atom. The van der Waals surface area contributed by atoms with Gasteiger partial charge in [-0.15, -0.1) is 0 Å². The number of benzene rings is 1. The first kappa shape index (κ1) is 13.1. The van der Waals surface area contributed by atoms with E-state index in [1.807, 2.05) is 13.1 Å². The minimum absolute atomic E-state index is 0.260. The molecule has 0 aliphatic rings. The topological polar surface area (TPSA) is 67.2 Å². The van der Waals surface area contributed by atoms with Crippen LogP contribution in [-0.4, -0.2) is 20.9 Å². The van der Waals surface area contributed by atoms with E-state index in [0.717, 1.165) is 17.3 Å². The Morgan fingerprint density at radius 1 is 1.53 bits per heavy atom. The van der Waals surface area contributed by atoms with E-state index in [1.165, 1.54) is 12.1 Å². The summed E-state index contributed by atoms with van der Waals surface area (Å²) in [5, 5.41) is 16.1. The quantitative estimate of drug-likeness (QED) is 0.887. The van der Waals surface area contributed by atoms with Crippen LogP contribution in [0.3, 0.4) is 0 Å². The molecular formula is C13H14FN3O2. The summed E-state index contributed by atoms with van der Waals surface area (Å²) in [7, 11) is 1.81. The Morgan fingerprint density at radius 3 is 2.84 bits per heavy atom. The zero-order chi connectivity index (χ0) is 14.0. The Bertz CT molecular complexity index is 622. The van der Waals surface area contributed by atoms with Crippen LogP contribution in [0.15, 0.2) is 24.4 Å². The van der Waals surface area contributed by atoms with Gasteiger partial charge in [-0.3, -0.25) is 4.68 Å². The van der Waals surface area contributed by atoms with Gasteiger partial charge in [0.1, 0.15) is 11.4 Å². The van der Waals surface area contributed by atoms with Crippen LogP contribution >= 0.6 is 0 Å². The second-order valence-electron chi connectivity index (χ2n) is 4.23. The second-order valence-corrected chi connectivity index (χ2v) is 4.23. The van der Waals surface area contributed by atoms with Crippen molar-refractivity contribution in [3.8, 4) is 0 Å². The van der Waals surface area contributed by atoms with Crippen molar-refractivity contribution in [2.24, 2.45) is 7.05 Å². The number of halogens is 1. The minimum atomic E-state index is -1.29. The maximum Gasteiger partial charge on any atom is 0.340 e. The van der Waals surface area contributed by atoms with Crippen molar-refractivity contribution < 1.29 is 14.3 Å². The maximum absolute atomic E-state index is 13.5. The SMILES string of the molecule is Cc1nn(C)cc1CNc1cccc(F)c1C(=O)O. The summed E-state index contributed by atoms with van der Waals surface area (Å²) in [5.74, 6) is -2.04. The molecule has 1 aromatic carbocycles. The number of aromatic nitrogens is 2. The van der Waals surface area contributed by atoms with Crippen molar-refractivity contribution in [3.63, 3.8) is 0 Å². The molecule has 1 aromatic heterocycles. The van der Waals surface area contributed by atoms with Crippen molar-refractivity contribution in [2.45, 2.75) is 13.5 Å². The highest BCUT2D eigenvalue weighted by molar-refractivity contribution is 5.94. The Labute approximate surface area is 109 Å². The standard InChI is InChI=1S/C13H14FN3O2/c1-8-9(7-17(2)16-8)6-15-11-5-3-4-10(14)12(11)13(18)19/h3-5,7,15H,6H2,1-2H3,(H,18,19). The third kappa shape index (κ3) is 2.73. The van der Waals surface area contributed by atoms with Gasteiger partial charge in [0, 0.05) is 25.4 Å². The minimum Gasteiger partial charge on any atom is -0.478 e. The predicted octanol–water partition coefficient (Wildman–Crippen LogP) is 2.18. The van der Waals surface area contributed by atoms with Gasteiger partial charge < -0.3 is 10.4 Å². The van der Waals surface area contributed by atoms with E-state index < -0.39 is 11.8 Å². The van der Waals surface area contributed by atoms with Crippen LogP contribution in [0.2, 0.25) is 0 Å². The molecule has 1 heterocycles. The molecule has 0 atom stereocenters. The molecule has 2 aromatic rings. The molecule has 0 bridgehead atoms. The van der Waals surface area contributed by atoms with E-state index in [4.69, 9.17) is 5.11 Å². The third-order valence-electron chi connectivity index (χ3n) is 2.81. The summed E-state index contributed by atoms with van der Waals surface area (Å²) in [4.78, 5) is 11.0. The molecule has 0 spiro atoms. The van der Waals surface area contributed by atoms with Crippen LogP contribution in [-0.2, 0) is 13.6 Å². The molecular weight excluding hydrogens is 249 g/mol. The van der Waals surface area contributed by atoms with E-state index in [-0.39, 0.29) is 11.3 Å². The van der Waals surface area contributed by atoms with Crippen molar-refractivity contribution >= 4 is 11.7 Å². The molecule has 5 nitrogen and oxygen atoms in total. The summed E-state index contributed by atoms with van der Waals surface area (Å²) in [6, 6.07) is 4.14. The first-order valence-corrected chi connectivity index (χ1v) is 5.74. The van der Waals surface area contributed by atoms with Gasteiger partial charge in [0.2, 0.25) is 0 Å². The molecule has 6 heteroatoms. The fourth-order valence-electron chi connectivity index (χ4n) is 1.90. The maximum atomic E-state index is 13.5. The average Bonchev–Trinajstić information content (AvgIpc) is 2.64. The summed E-state index contributed by atoms with van der Waals surface area (Å²) >= 11 is 0. The lowest BCUT2D eigenvalue weighted by Gasteiger charge is -2.09. The van der Waals surface area contributed by atoms with Crippen LogP contribution in [0.4, 0.5) is 10.1 Å². The lowest BCUT2D eigenvalue weighted by atomic mass is 10.1. The lowest BCUT2D eigenvalue weighted by Crippen LogP contribution is -2.08.